The van der Waals surface area contributed by atoms with Crippen LogP contribution >= 0.6 is 0 Å². The Morgan fingerprint density at radius 1 is 1.26 bits per heavy atom. The highest BCUT2D eigenvalue weighted by atomic mass is 15.1. The summed E-state index contributed by atoms with van der Waals surface area (Å²) >= 11 is 0. The summed E-state index contributed by atoms with van der Waals surface area (Å²) in [5.41, 5.74) is 8.84. The predicted molar refractivity (Wildman–Crippen MR) is 82.1 cm³/mol. The molecule has 106 valence electrons. The number of nitrogens with zero attached hydrogens (tertiary/aromatic N) is 1. The maximum Gasteiger partial charge on any atom is 0.0385 e. The maximum atomic E-state index is 5.96. The largest absolute Gasteiger partial charge is 0.330 e. The minimum atomic E-state index is 0.506. The number of hydrogen-bond acceptors (Lipinski definition) is 2. The van der Waals surface area contributed by atoms with Crippen molar-refractivity contribution >= 4 is 0 Å². The molecule has 1 aromatic carbocycles. The lowest BCUT2D eigenvalue weighted by molar-refractivity contribution is 0.125. The van der Waals surface area contributed by atoms with Crippen LogP contribution in [0.25, 0.3) is 0 Å². The fourth-order valence-corrected chi connectivity index (χ4v) is 3.36. The van der Waals surface area contributed by atoms with Crippen LogP contribution in [0.2, 0.25) is 0 Å². The molecule has 2 nitrogen and oxygen atoms in total. The Balaban J connectivity index is 2.15. The third kappa shape index (κ3) is 3.58. The quantitative estimate of drug-likeness (QED) is 0.900. The highest BCUT2D eigenvalue weighted by Gasteiger charge is 2.29. The Hall–Kier alpha value is -0.860. The number of rotatable bonds is 4. The summed E-state index contributed by atoms with van der Waals surface area (Å²) in [6, 6.07) is 9.73. The van der Waals surface area contributed by atoms with Crippen LogP contribution in [0, 0.1) is 11.8 Å². The molecule has 1 saturated heterocycles. The van der Waals surface area contributed by atoms with E-state index in [1.165, 1.54) is 36.9 Å². The summed E-state index contributed by atoms with van der Waals surface area (Å²) in [7, 11) is 2.23. The predicted octanol–water partition coefficient (Wildman–Crippen LogP) is 3.23. The van der Waals surface area contributed by atoms with Gasteiger partial charge in [0, 0.05) is 6.04 Å². The zero-order valence-corrected chi connectivity index (χ0v) is 12.6. The maximum absolute atomic E-state index is 5.96. The van der Waals surface area contributed by atoms with Crippen molar-refractivity contribution in [1.29, 1.82) is 0 Å². The molecular weight excluding hydrogens is 232 g/mol. The molecule has 0 aromatic heterocycles. The van der Waals surface area contributed by atoms with Gasteiger partial charge in [0.1, 0.15) is 0 Å². The van der Waals surface area contributed by atoms with E-state index in [2.05, 4.69) is 50.1 Å². The van der Waals surface area contributed by atoms with E-state index in [9.17, 15) is 0 Å². The highest BCUT2D eigenvalue weighted by molar-refractivity contribution is 5.26. The average Bonchev–Trinajstić information content (AvgIpc) is 2.39. The minimum Gasteiger partial charge on any atom is -0.330 e. The van der Waals surface area contributed by atoms with Crippen molar-refractivity contribution in [2.45, 2.75) is 39.2 Å². The molecule has 0 spiro atoms. The smallest absolute Gasteiger partial charge is 0.0385 e. The lowest BCUT2D eigenvalue weighted by Crippen LogP contribution is -2.39. The zero-order chi connectivity index (χ0) is 13.8. The number of piperidine rings is 1. The standard InChI is InChI=1S/C17H28N2/c1-13(2)11-14-6-8-15(9-7-14)17-16(12-18)5-4-10-19(17)3/h6-9,13,16-17H,4-5,10-12,18H2,1-3H3. The van der Waals surface area contributed by atoms with Crippen LogP contribution in [0.3, 0.4) is 0 Å². The van der Waals surface area contributed by atoms with Gasteiger partial charge in [-0.25, -0.2) is 0 Å². The molecule has 0 aliphatic carbocycles. The van der Waals surface area contributed by atoms with Gasteiger partial charge in [-0.1, -0.05) is 38.1 Å². The molecule has 19 heavy (non-hydrogen) atoms. The molecule has 2 rings (SSSR count). The highest BCUT2D eigenvalue weighted by Crippen LogP contribution is 2.34. The first-order valence-corrected chi connectivity index (χ1v) is 7.61. The molecule has 0 bridgehead atoms. The number of hydrogen-bond donors (Lipinski definition) is 1. The Labute approximate surface area is 118 Å². The fourth-order valence-electron chi connectivity index (χ4n) is 3.36. The summed E-state index contributed by atoms with van der Waals surface area (Å²) in [5, 5.41) is 0. The number of nitrogens with two attached hydrogens (primary N) is 1. The monoisotopic (exact) mass is 260 g/mol. The van der Waals surface area contributed by atoms with E-state index in [4.69, 9.17) is 5.73 Å². The zero-order valence-electron chi connectivity index (χ0n) is 12.6. The molecule has 0 amide bonds. The molecule has 1 heterocycles. The Morgan fingerprint density at radius 2 is 1.95 bits per heavy atom. The van der Waals surface area contributed by atoms with E-state index in [-0.39, 0.29) is 0 Å². The van der Waals surface area contributed by atoms with Crippen LogP contribution in [-0.2, 0) is 6.42 Å². The molecule has 2 N–H and O–H groups in total. The van der Waals surface area contributed by atoms with Crippen LogP contribution in [0.15, 0.2) is 24.3 Å². The van der Waals surface area contributed by atoms with Gasteiger partial charge >= 0.3 is 0 Å². The molecule has 2 heteroatoms. The molecule has 2 unspecified atom stereocenters. The van der Waals surface area contributed by atoms with Gasteiger partial charge in [0.05, 0.1) is 0 Å². The first-order valence-electron chi connectivity index (χ1n) is 7.61. The van der Waals surface area contributed by atoms with E-state index in [0.717, 1.165) is 12.5 Å². The molecule has 0 radical (unpaired) electrons. The average molecular weight is 260 g/mol. The lowest BCUT2D eigenvalue weighted by atomic mass is 9.84. The van der Waals surface area contributed by atoms with Crippen LogP contribution in [0.1, 0.15) is 43.9 Å². The van der Waals surface area contributed by atoms with E-state index < -0.39 is 0 Å². The second-order valence-corrected chi connectivity index (χ2v) is 6.40. The van der Waals surface area contributed by atoms with Gasteiger partial charge in [-0.15, -0.1) is 0 Å². The van der Waals surface area contributed by atoms with Crippen molar-refractivity contribution in [2.24, 2.45) is 17.6 Å². The molecule has 1 aromatic rings. The first kappa shape index (κ1) is 14.5. The van der Waals surface area contributed by atoms with Crippen molar-refractivity contribution in [2.75, 3.05) is 20.1 Å². The van der Waals surface area contributed by atoms with Crippen LogP contribution < -0.4 is 5.73 Å². The summed E-state index contributed by atoms with van der Waals surface area (Å²) in [4.78, 5) is 2.47. The normalized spacial score (nSPS) is 24.9. The summed E-state index contributed by atoms with van der Waals surface area (Å²) in [5.74, 6) is 1.33. The molecule has 1 fully saturated rings. The Kier molecular flexibility index (Phi) is 5.00. The van der Waals surface area contributed by atoms with Gasteiger partial charge in [0.2, 0.25) is 0 Å². The van der Waals surface area contributed by atoms with Crippen molar-refractivity contribution < 1.29 is 0 Å². The number of likely N-dealkylation sites (tertiary alicyclic amines) is 1. The van der Waals surface area contributed by atoms with Crippen molar-refractivity contribution in [3.8, 4) is 0 Å². The van der Waals surface area contributed by atoms with Gasteiger partial charge in [-0.2, -0.15) is 0 Å². The second-order valence-electron chi connectivity index (χ2n) is 6.40. The first-order chi connectivity index (χ1) is 9.11. The molecule has 1 aliphatic rings. The summed E-state index contributed by atoms with van der Waals surface area (Å²) in [6.07, 6.45) is 3.71. The molecule has 0 saturated carbocycles. The minimum absolute atomic E-state index is 0.506. The van der Waals surface area contributed by atoms with Crippen molar-refractivity contribution in [3.05, 3.63) is 35.4 Å². The van der Waals surface area contributed by atoms with Crippen LogP contribution in [0.5, 0.6) is 0 Å². The van der Waals surface area contributed by atoms with E-state index >= 15 is 0 Å². The van der Waals surface area contributed by atoms with Gasteiger partial charge in [0.25, 0.3) is 0 Å². The molecule has 1 aliphatic heterocycles. The van der Waals surface area contributed by atoms with Crippen LogP contribution in [-0.4, -0.2) is 25.0 Å². The van der Waals surface area contributed by atoms with Gasteiger partial charge < -0.3 is 5.73 Å². The summed E-state index contributed by atoms with van der Waals surface area (Å²) in [6.45, 7) is 6.53. The topological polar surface area (TPSA) is 29.3 Å². The summed E-state index contributed by atoms with van der Waals surface area (Å²) < 4.78 is 0. The molecule has 2 atom stereocenters. The van der Waals surface area contributed by atoms with E-state index in [0.29, 0.717) is 12.0 Å². The lowest BCUT2D eigenvalue weighted by Gasteiger charge is -2.39. The van der Waals surface area contributed by atoms with E-state index in [1.807, 2.05) is 0 Å². The Bertz CT molecular complexity index is 383. The second kappa shape index (κ2) is 6.53. The van der Waals surface area contributed by atoms with E-state index in [1.54, 1.807) is 0 Å². The molecular formula is C17H28N2. The third-order valence-corrected chi connectivity index (χ3v) is 4.28. The van der Waals surface area contributed by atoms with Gasteiger partial charge in [-0.05, 0) is 62.4 Å². The SMILES string of the molecule is CC(C)Cc1ccc(C2C(CN)CCCN2C)cc1. The van der Waals surface area contributed by atoms with Crippen molar-refractivity contribution in [3.63, 3.8) is 0 Å². The third-order valence-electron chi connectivity index (χ3n) is 4.28. The van der Waals surface area contributed by atoms with Gasteiger partial charge in [0.15, 0.2) is 0 Å². The van der Waals surface area contributed by atoms with Crippen LogP contribution in [0.4, 0.5) is 0 Å². The number of benzene rings is 1. The Morgan fingerprint density at radius 3 is 2.53 bits per heavy atom. The van der Waals surface area contributed by atoms with Crippen molar-refractivity contribution in [1.82, 2.24) is 4.90 Å². The fraction of sp³-hybridized carbons (Fsp3) is 0.647. The van der Waals surface area contributed by atoms with Gasteiger partial charge in [-0.3, -0.25) is 4.90 Å².